The molecule has 4 rings (SSSR count). The number of amidine groups is 1. The molecule has 1 amide bonds. The normalized spacial score (nSPS) is 15.4. The van der Waals surface area contributed by atoms with Gasteiger partial charge in [0, 0.05) is 5.02 Å². The van der Waals surface area contributed by atoms with Gasteiger partial charge in [-0.1, -0.05) is 58.5 Å². The first-order valence-corrected chi connectivity index (χ1v) is 13.2. The van der Waals surface area contributed by atoms with Crippen molar-refractivity contribution >= 4 is 81.0 Å². The Bertz CT molecular complexity index is 1390. The first-order valence-electron chi connectivity index (χ1n) is 10.8. The van der Waals surface area contributed by atoms with Gasteiger partial charge >= 0.3 is 0 Å². The van der Waals surface area contributed by atoms with Crippen LogP contribution in [0.3, 0.4) is 0 Å². The summed E-state index contributed by atoms with van der Waals surface area (Å²) in [6.07, 6.45) is 1.73. The minimum atomic E-state index is -0.257. The van der Waals surface area contributed by atoms with Crippen LogP contribution in [0.25, 0.3) is 6.08 Å². The molecule has 1 heterocycles. The highest BCUT2D eigenvalue weighted by molar-refractivity contribution is 8.18. The summed E-state index contributed by atoms with van der Waals surface area (Å²) in [5.74, 6) is 0.602. The number of aliphatic imine (C=N–C) groups is 1. The number of rotatable bonds is 7. The number of nitrogens with one attached hydrogen (secondary N) is 1. The van der Waals surface area contributed by atoms with Gasteiger partial charge in [-0.15, -0.1) is 0 Å². The van der Waals surface area contributed by atoms with Crippen LogP contribution in [0.4, 0.5) is 5.69 Å². The summed E-state index contributed by atoms with van der Waals surface area (Å²) in [6, 6.07) is 14.2. The molecule has 1 aliphatic heterocycles. The lowest BCUT2D eigenvalue weighted by atomic mass is 10.1. The van der Waals surface area contributed by atoms with Gasteiger partial charge in [-0.05, 0) is 84.8 Å². The van der Waals surface area contributed by atoms with Crippen molar-refractivity contribution in [3.63, 3.8) is 0 Å². The quantitative estimate of drug-likeness (QED) is 0.284. The van der Waals surface area contributed by atoms with Crippen LogP contribution in [0.2, 0.25) is 20.1 Å². The van der Waals surface area contributed by atoms with Crippen LogP contribution in [0, 0.1) is 6.92 Å². The van der Waals surface area contributed by atoms with Gasteiger partial charge in [0.2, 0.25) is 0 Å². The van der Waals surface area contributed by atoms with E-state index >= 15 is 0 Å². The Morgan fingerprint density at radius 1 is 0.972 bits per heavy atom. The fourth-order valence-corrected chi connectivity index (χ4v) is 4.92. The van der Waals surface area contributed by atoms with Crippen LogP contribution >= 0.6 is 58.2 Å². The summed E-state index contributed by atoms with van der Waals surface area (Å²) in [5.41, 5.74) is 3.04. The second-order valence-corrected chi connectivity index (χ2v) is 10.3. The first-order chi connectivity index (χ1) is 17.2. The van der Waals surface area contributed by atoms with E-state index in [1.165, 1.54) is 11.8 Å². The second kappa shape index (κ2) is 11.8. The molecule has 5 nitrogen and oxygen atoms in total. The molecule has 186 valence electrons. The summed E-state index contributed by atoms with van der Waals surface area (Å²) in [4.78, 5) is 17.6. The molecule has 0 spiro atoms. The van der Waals surface area contributed by atoms with Crippen molar-refractivity contribution in [2.75, 3.05) is 6.61 Å². The van der Waals surface area contributed by atoms with Crippen molar-refractivity contribution in [1.82, 2.24) is 5.32 Å². The zero-order chi connectivity index (χ0) is 25.8. The van der Waals surface area contributed by atoms with Gasteiger partial charge in [0.15, 0.2) is 16.7 Å². The third kappa shape index (κ3) is 6.31. The smallest absolute Gasteiger partial charge is 0.264 e. The molecule has 0 atom stereocenters. The van der Waals surface area contributed by atoms with Crippen LogP contribution in [0.1, 0.15) is 23.6 Å². The van der Waals surface area contributed by atoms with E-state index in [1.54, 1.807) is 36.4 Å². The van der Waals surface area contributed by atoms with E-state index in [0.717, 1.165) is 11.1 Å². The number of halogens is 4. The van der Waals surface area contributed by atoms with E-state index in [4.69, 9.17) is 55.9 Å². The van der Waals surface area contributed by atoms with Crippen molar-refractivity contribution in [3.8, 4) is 11.5 Å². The van der Waals surface area contributed by atoms with Crippen molar-refractivity contribution in [3.05, 3.63) is 90.2 Å². The highest BCUT2D eigenvalue weighted by atomic mass is 35.5. The lowest BCUT2D eigenvalue weighted by Gasteiger charge is -2.15. The Labute approximate surface area is 233 Å². The maximum Gasteiger partial charge on any atom is 0.264 e. The zero-order valence-corrected chi connectivity index (χ0v) is 23.0. The van der Waals surface area contributed by atoms with Gasteiger partial charge in [-0.25, -0.2) is 4.99 Å². The van der Waals surface area contributed by atoms with Gasteiger partial charge in [-0.2, -0.15) is 0 Å². The molecule has 1 N–H and O–H groups in total. The minimum Gasteiger partial charge on any atom is -0.490 e. The Balaban J connectivity index is 1.57. The van der Waals surface area contributed by atoms with Crippen molar-refractivity contribution < 1.29 is 14.3 Å². The molecular formula is C26H20Cl4N2O3S. The molecule has 3 aromatic rings. The molecule has 0 unspecified atom stereocenters. The van der Waals surface area contributed by atoms with Gasteiger partial charge < -0.3 is 14.8 Å². The van der Waals surface area contributed by atoms with Gasteiger partial charge in [-0.3, -0.25) is 4.79 Å². The Morgan fingerprint density at radius 2 is 1.78 bits per heavy atom. The molecule has 0 aromatic heterocycles. The molecule has 0 radical (unpaired) electrons. The SMILES string of the molecule is CCOc1cc(/C=C2/SC(=Nc3cccc(Cl)c3C)NC2=O)cc(Cl)c1OCc1ccc(Cl)c(Cl)c1. The number of carbonyl (C=O) groups excluding carboxylic acids is 1. The second-order valence-electron chi connectivity index (χ2n) is 7.67. The summed E-state index contributed by atoms with van der Waals surface area (Å²) < 4.78 is 11.7. The van der Waals surface area contributed by atoms with Crippen LogP contribution in [0.5, 0.6) is 11.5 Å². The van der Waals surface area contributed by atoms with E-state index in [1.807, 2.05) is 32.0 Å². The highest BCUT2D eigenvalue weighted by Gasteiger charge is 2.24. The van der Waals surface area contributed by atoms with E-state index in [2.05, 4.69) is 10.3 Å². The van der Waals surface area contributed by atoms with Crippen molar-refractivity contribution in [1.29, 1.82) is 0 Å². The molecule has 0 aliphatic carbocycles. The molecule has 1 saturated heterocycles. The first kappa shape index (κ1) is 26.7. The van der Waals surface area contributed by atoms with Crippen LogP contribution < -0.4 is 14.8 Å². The van der Waals surface area contributed by atoms with E-state index in [-0.39, 0.29) is 12.5 Å². The van der Waals surface area contributed by atoms with E-state index in [9.17, 15) is 4.79 Å². The zero-order valence-electron chi connectivity index (χ0n) is 19.2. The standard InChI is InChI=1S/C26H20Cl4N2O3S/c1-3-34-22-11-16(10-20(30)24(22)35-13-15-7-8-18(28)19(29)9-15)12-23-25(33)32-26(36-23)31-21-6-4-5-17(27)14(21)2/h4-12H,3,13H2,1-2H3,(H,31,32,33)/b23-12+. The Morgan fingerprint density at radius 3 is 2.53 bits per heavy atom. The number of hydrogen-bond donors (Lipinski definition) is 1. The molecule has 10 heteroatoms. The molecule has 36 heavy (non-hydrogen) atoms. The summed E-state index contributed by atoms with van der Waals surface area (Å²) in [6.45, 7) is 4.37. The number of benzene rings is 3. The molecular weight excluding hydrogens is 562 g/mol. The van der Waals surface area contributed by atoms with Gasteiger partial charge in [0.1, 0.15) is 6.61 Å². The van der Waals surface area contributed by atoms with Gasteiger partial charge in [0.05, 0.1) is 32.3 Å². The molecule has 0 saturated carbocycles. The average Bonchev–Trinajstić information content (AvgIpc) is 3.17. The minimum absolute atomic E-state index is 0.220. The van der Waals surface area contributed by atoms with Gasteiger partial charge in [0.25, 0.3) is 5.91 Å². The summed E-state index contributed by atoms with van der Waals surface area (Å²) in [7, 11) is 0. The predicted octanol–water partition coefficient (Wildman–Crippen LogP) is 8.48. The summed E-state index contributed by atoms with van der Waals surface area (Å²) in [5, 5.41) is 5.12. The number of nitrogens with zero attached hydrogens (tertiary/aromatic N) is 1. The Kier molecular flexibility index (Phi) is 8.75. The molecule has 0 bridgehead atoms. The van der Waals surface area contributed by atoms with Crippen molar-refractivity contribution in [2.24, 2.45) is 4.99 Å². The van der Waals surface area contributed by atoms with Crippen LogP contribution in [0.15, 0.2) is 58.4 Å². The lowest BCUT2D eigenvalue weighted by molar-refractivity contribution is -0.115. The van der Waals surface area contributed by atoms with Crippen LogP contribution in [-0.4, -0.2) is 17.7 Å². The number of carbonyl (C=O) groups is 1. The van der Waals surface area contributed by atoms with E-state index in [0.29, 0.717) is 59.5 Å². The third-order valence-electron chi connectivity index (χ3n) is 5.11. The average molecular weight is 582 g/mol. The Hall–Kier alpha value is -2.35. The summed E-state index contributed by atoms with van der Waals surface area (Å²) >= 11 is 26.1. The number of amides is 1. The number of hydrogen-bond acceptors (Lipinski definition) is 5. The number of thioether (sulfide) groups is 1. The largest absolute Gasteiger partial charge is 0.490 e. The molecule has 3 aromatic carbocycles. The molecule has 1 aliphatic rings. The van der Waals surface area contributed by atoms with Crippen molar-refractivity contribution in [2.45, 2.75) is 20.5 Å². The maximum absolute atomic E-state index is 12.6. The van der Waals surface area contributed by atoms with E-state index < -0.39 is 0 Å². The lowest BCUT2D eigenvalue weighted by Crippen LogP contribution is -2.19. The predicted molar refractivity (Wildman–Crippen MR) is 150 cm³/mol. The fourth-order valence-electron chi connectivity index (χ4n) is 3.32. The highest BCUT2D eigenvalue weighted by Crippen LogP contribution is 2.39. The molecule has 1 fully saturated rings. The monoisotopic (exact) mass is 580 g/mol. The third-order valence-corrected chi connectivity index (χ3v) is 7.45. The fraction of sp³-hybridized carbons (Fsp3) is 0.154. The number of ether oxygens (including phenoxy) is 2. The topological polar surface area (TPSA) is 59.9 Å². The van der Waals surface area contributed by atoms with Crippen LogP contribution in [-0.2, 0) is 11.4 Å². The maximum atomic E-state index is 12.6.